The summed E-state index contributed by atoms with van der Waals surface area (Å²) in [5.41, 5.74) is 0. The van der Waals surface area contributed by atoms with Crippen molar-refractivity contribution in [2.24, 2.45) is 0 Å². The fourth-order valence-electron chi connectivity index (χ4n) is 1.12. The van der Waals surface area contributed by atoms with Gasteiger partial charge in [-0.1, -0.05) is 0 Å². The Morgan fingerprint density at radius 1 is 1.33 bits per heavy atom. The van der Waals surface area contributed by atoms with Crippen molar-refractivity contribution in [1.82, 2.24) is 10.6 Å². The lowest BCUT2D eigenvalue weighted by Crippen LogP contribution is -2.50. The maximum absolute atomic E-state index is 11.1. The van der Waals surface area contributed by atoms with Gasteiger partial charge < -0.3 is 15.4 Å². The summed E-state index contributed by atoms with van der Waals surface area (Å²) in [6.45, 7) is 1.81. The molecule has 4 heteroatoms. The summed E-state index contributed by atoms with van der Waals surface area (Å²) in [4.78, 5) is 11.1. The van der Waals surface area contributed by atoms with Crippen LogP contribution in [0.15, 0.2) is 0 Å². The fraction of sp³-hybridized carbons (Fsp3) is 0.875. The predicted octanol–water partition coefficient (Wildman–Crippen LogP) is -0.747. The zero-order valence-electron chi connectivity index (χ0n) is 7.01. The highest BCUT2D eigenvalue weighted by Gasteiger charge is 2.23. The number of hydrogen-bond acceptors (Lipinski definition) is 3. The van der Waals surface area contributed by atoms with Crippen molar-refractivity contribution in [3.8, 4) is 0 Å². The van der Waals surface area contributed by atoms with Crippen molar-refractivity contribution in [3.05, 3.63) is 0 Å². The number of nitrogens with one attached hydrogen (secondary N) is 2. The quantitative estimate of drug-likeness (QED) is 0.584. The van der Waals surface area contributed by atoms with Gasteiger partial charge in [0.1, 0.15) is 0 Å². The SMILES string of the molecule is O=C(CNC1CC1)NC1COC1. The van der Waals surface area contributed by atoms with E-state index in [1.807, 2.05) is 0 Å². The molecule has 0 aromatic rings. The Balaban J connectivity index is 1.56. The molecule has 2 N–H and O–H groups in total. The van der Waals surface area contributed by atoms with Crippen molar-refractivity contribution in [2.75, 3.05) is 19.8 Å². The maximum atomic E-state index is 11.1. The van der Waals surface area contributed by atoms with E-state index < -0.39 is 0 Å². The first-order chi connectivity index (χ1) is 5.84. The third-order valence-corrected chi connectivity index (χ3v) is 2.13. The minimum atomic E-state index is 0.0928. The number of hydrogen-bond donors (Lipinski definition) is 2. The fourth-order valence-corrected chi connectivity index (χ4v) is 1.12. The molecule has 0 aromatic heterocycles. The Hall–Kier alpha value is -0.610. The molecule has 68 valence electrons. The topological polar surface area (TPSA) is 50.4 Å². The molecule has 4 nitrogen and oxygen atoms in total. The molecular formula is C8H14N2O2. The maximum Gasteiger partial charge on any atom is 0.234 e. The first-order valence-corrected chi connectivity index (χ1v) is 4.45. The van der Waals surface area contributed by atoms with E-state index in [-0.39, 0.29) is 11.9 Å². The van der Waals surface area contributed by atoms with Gasteiger partial charge in [0.15, 0.2) is 0 Å². The Bertz CT molecular complexity index is 176. The van der Waals surface area contributed by atoms with Crippen LogP contribution in [0.4, 0.5) is 0 Å². The molecule has 0 atom stereocenters. The second-order valence-corrected chi connectivity index (χ2v) is 3.46. The third kappa shape index (κ3) is 2.19. The van der Waals surface area contributed by atoms with Crippen LogP contribution in [0.2, 0.25) is 0 Å². The molecule has 0 bridgehead atoms. The van der Waals surface area contributed by atoms with E-state index in [0.29, 0.717) is 25.8 Å². The van der Waals surface area contributed by atoms with E-state index in [1.54, 1.807) is 0 Å². The molecule has 1 aliphatic carbocycles. The van der Waals surface area contributed by atoms with Gasteiger partial charge in [-0.2, -0.15) is 0 Å². The minimum Gasteiger partial charge on any atom is -0.377 e. The van der Waals surface area contributed by atoms with Gasteiger partial charge >= 0.3 is 0 Å². The van der Waals surface area contributed by atoms with Crippen LogP contribution in [-0.4, -0.2) is 37.7 Å². The summed E-state index contributed by atoms with van der Waals surface area (Å²) in [7, 11) is 0. The number of ether oxygens (including phenoxy) is 1. The second-order valence-electron chi connectivity index (χ2n) is 3.46. The van der Waals surface area contributed by atoms with Crippen LogP contribution in [0.1, 0.15) is 12.8 Å². The highest BCUT2D eigenvalue weighted by atomic mass is 16.5. The summed E-state index contributed by atoms with van der Waals surface area (Å²) < 4.78 is 4.94. The zero-order valence-corrected chi connectivity index (χ0v) is 7.01. The van der Waals surface area contributed by atoms with Gasteiger partial charge in [0.25, 0.3) is 0 Å². The average Bonchev–Trinajstić information content (AvgIpc) is 2.76. The van der Waals surface area contributed by atoms with Gasteiger partial charge in [-0.25, -0.2) is 0 Å². The molecule has 0 radical (unpaired) electrons. The summed E-state index contributed by atoms with van der Waals surface area (Å²) in [6, 6.07) is 0.867. The molecule has 0 aromatic carbocycles. The van der Waals surface area contributed by atoms with Crippen molar-refractivity contribution in [1.29, 1.82) is 0 Å². The molecule has 12 heavy (non-hydrogen) atoms. The largest absolute Gasteiger partial charge is 0.377 e. The van der Waals surface area contributed by atoms with E-state index >= 15 is 0 Å². The normalized spacial score (nSPS) is 23.3. The van der Waals surface area contributed by atoms with Crippen LogP contribution < -0.4 is 10.6 Å². The molecule has 1 heterocycles. The van der Waals surface area contributed by atoms with E-state index in [9.17, 15) is 4.79 Å². The van der Waals surface area contributed by atoms with Crippen molar-refractivity contribution in [3.63, 3.8) is 0 Å². The standard InChI is InChI=1S/C8H14N2O2/c11-8(3-9-6-1-2-6)10-7-4-12-5-7/h6-7,9H,1-5H2,(H,10,11). The minimum absolute atomic E-state index is 0.0928. The lowest BCUT2D eigenvalue weighted by atomic mass is 10.2. The van der Waals surface area contributed by atoms with Crippen LogP contribution in [0.5, 0.6) is 0 Å². The van der Waals surface area contributed by atoms with Gasteiger partial charge in [0.2, 0.25) is 5.91 Å². The number of carbonyl (C=O) groups is 1. The highest BCUT2D eigenvalue weighted by Crippen LogP contribution is 2.17. The molecule has 1 amide bonds. The monoisotopic (exact) mass is 170 g/mol. The first kappa shape index (κ1) is 8.01. The average molecular weight is 170 g/mol. The van der Waals surface area contributed by atoms with Gasteiger partial charge in [-0.15, -0.1) is 0 Å². The third-order valence-electron chi connectivity index (χ3n) is 2.13. The van der Waals surface area contributed by atoms with Crippen LogP contribution in [-0.2, 0) is 9.53 Å². The van der Waals surface area contributed by atoms with E-state index in [0.717, 1.165) is 0 Å². The van der Waals surface area contributed by atoms with Crippen molar-refractivity contribution in [2.45, 2.75) is 24.9 Å². The van der Waals surface area contributed by atoms with Crippen molar-refractivity contribution >= 4 is 5.91 Å². The smallest absolute Gasteiger partial charge is 0.234 e. The summed E-state index contributed by atoms with van der Waals surface area (Å²) >= 11 is 0. The van der Waals surface area contributed by atoms with E-state index in [1.165, 1.54) is 12.8 Å². The molecule has 2 fully saturated rings. The summed E-state index contributed by atoms with van der Waals surface area (Å²) in [5.74, 6) is 0.0928. The number of rotatable bonds is 4. The summed E-state index contributed by atoms with van der Waals surface area (Å²) in [5, 5.41) is 6.03. The van der Waals surface area contributed by atoms with Crippen LogP contribution in [0.3, 0.4) is 0 Å². The molecular weight excluding hydrogens is 156 g/mol. The molecule has 2 aliphatic rings. The van der Waals surface area contributed by atoms with E-state index in [2.05, 4.69) is 10.6 Å². The predicted molar refractivity (Wildman–Crippen MR) is 43.8 cm³/mol. The molecule has 2 rings (SSSR count). The zero-order chi connectivity index (χ0) is 8.39. The highest BCUT2D eigenvalue weighted by molar-refractivity contribution is 5.78. The Kier molecular flexibility index (Phi) is 2.28. The van der Waals surface area contributed by atoms with E-state index in [4.69, 9.17) is 4.74 Å². The summed E-state index contributed by atoms with van der Waals surface area (Å²) in [6.07, 6.45) is 2.44. The van der Waals surface area contributed by atoms with Gasteiger partial charge in [0.05, 0.1) is 25.8 Å². The molecule has 1 saturated carbocycles. The Morgan fingerprint density at radius 2 is 2.08 bits per heavy atom. The lowest BCUT2D eigenvalue weighted by molar-refractivity contribution is -0.124. The van der Waals surface area contributed by atoms with Crippen LogP contribution in [0.25, 0.3) is 0 Å². The Morgan fingerprint density at radius 3 is 2.58 bits per heavy atom. The molecule has 0 spiro atoms. The Labute approximate surface area is 71.7 Å². The van der Waals surface area contributed by atoms with Gasteiger partial charge in [0, 0.05) is 6.04 Å². The van der Waals surface area contributed by atoms with Crippen LogP contribution >= 0.6 is 0 Å². The molecule has 1 aliphatic heterocycles. The number of carbonyl (C=O) groups excluding carboxylic acids is 1. The van der Waals surface area contributed by atoms with Crippen LogP contribution in [0, 0.1) is 0 Å². The number of amides is 1. The second kappa shape index (κ2) is 3.41. The van der Waals surface area contributed by atoms with Crippen molar-refractivity contribution < 1.29 is 9.53 Å². The first-order valence-electron chi connectivity index (χ1n) is 4.45. The van der Waals surface area contributed by atoms with Gasteiger partial charge in [-0.3, -0.25) is 4.79 Å². The molecule has 0 unspecified atom stereocenters. The van der Waals surface area contributed by atoms with Gasteiger partial charge in [-0.05, 0) is 12.8 Å². The molecule has 1 saturated heterocycles. The lowest BCUT2D eigenvalue weighted by Gasteiger charge is -2.26.